The van der Waals surface area contributed by atoms with E-state index in [0.29, 0.717) is 23.6 Å². The molecule has 4 rings (SSSR count). The van der Waals surface area contributed by atoms with Crippen LogP contribution in [0.4, 0.5) is 0 Å². The fraction of sp³-hybridized carbons (Fsp3) is 0.158. The average molecular weight is 335 g/mol. The Morgan fingerprint density at radius 3 is 2.80 bits per heavy atom. The predicted octanol–water partition coefficient (Wildman–Crippen LogP) is 2.87. The van der Waals surface area contributed by atoms with E-state index in [1.807, 2.05) is 36.5 Å². The highest BCUT2D eigenvalue weighted by atomic mass is 16.7. The summed E-state index contributed by atoms with van der Waals surface area (Å²) in [6, 6.07) is 15.1. The summed E-state index contributed by atoms with van der Waals surface area (Å²) < 4.78 is 12.4. The number of hydrogen-bond donors (Lipinski definition) is 0. The van der Waals surface area contributed by atoms with Crippen LogP contribution in [0.15, 0.2) is 60.9 Å². The third-order valence-electron chi connectivity index (χ3n) is 4.04. The van der Waals surface area contributed by atoms with Crippen molar-refractivity contribution in [2.24, 2.45) is 0 Å². The van der Waals surface area contributed by atoms with Crippen molar-refractivity contribution < 1.29 is 14.3 Å². The van der Waals surface area contributed by atoms with Crippen LogP contribution in [-0.2, 0) is 6.54 Å². The van der Waals surface area contributed by atoms with Crippen LogP contribution in [0.3, 0.4) is 0 Å². The summed E-state index contributed by atoms with van der Waals surface area (Å²) in [4.78, 5) is 14.3. The Bertz CT molecular complexity index is 905. The Morgan fingerprint density at radius 1 is 1.16 bits per heavy atom. The zero-order valence-electron chi connectivity index (χ0n) is 13.8. The number of fused-ring (bicyclic) bond motifs is 1. The molecule has 0 aliphatic carbocycles. The quantitative estimate of drug-likeness (QED) is 0.736. The molecule has 126 valence electrons. The number of amides is 1. The lowest BCUT2D eigenvalue weighted by atomic mass is 10.1. The molecule has 6 nitrogen and oxygen atoms in total. The van der Waals surface area contributed by atoms with Gasteiger partial charge in [0.15, 0.2) is 11.5 Å². The number of carbonyl (C=O) groups excluding carboxylic acids is 1. The second kappa shape index (κ2) is 6.32. The summed E-state index contributed by atoms with van der Waals surface area (Å²) in [6.07, 6.45) is 3.70. The van der Waals surface area contributed by atoms with Crippen LogP contribution >= 0.6 is 0 Å². The van der Waals surface area contributed by atoms with E-state index in [9.17, 15) is 4.79 Å². The summed E-state index contributed by atoms with van der Waals surface area (Å²) in [6.45, 7) is 0.668. The smallest absolute Gasteiger partial charge is 0.254 e. The lowest BCUT2D eigenvalue weighted by Crippen LogP contribution is -2.26. The average Bonchev–Trinajstić information content (AvgIpc) is 3.30. The second-order valence-corrected chi connectivity index (χ2v) is 5.86. The largest absolute Gasteiger partial charge is 0.454 e. The maximum Gasteiger partial charge on any atom is 0.254 e. The van der Waals surface area contributed by atoms with Gasteiger partial charge in [-0.25, -0.2) is 4.68 Å². The minimum absolute atomic E-state index is 0.0780. The van der Waals surface area contributed by atoms with Gasteiger partial charge in [0.25, 0.3) is 5.91 Å². The zero-order chi connectivity index (χ0) is 17.2. The number of benzene rings is 2. The van der Waals surface area contributed by atoms with Crippen molar-refractivity contribution in [2.75, 3.05) is 13.8 Å². The molecule has 0 N–H and O–H groups in total. The lowest BCUT2D eigenvalue weighted by molar-refractivity contribution is 0.0784. The number of para-hydroxylation sites is 1. The fourth-order valence-corrected chi connectivity index (χ4v) is 2.76. The van der Waals surface area contributed by atoms with Crippen molar-refractivity contribution in [1.82, 2.24) is 14.7 Å². The van der Waals surface area contributed by atoms with E-state index in [4.69, 9.17) is 9.47 Å². The van der Waals surface area contributed by atoms with E-state index in [0.717, 1.165) is 11.3 Å². The Morgan fingerprint density at radius 2 is 1.96 bits per heavy atom. The molecular weight excluding hydrogens is 318 g/mol. The minimum Gasteiger partial charge on any atom is -0.454 e. The molecule has 1 aliphatic rings. The zero-order valence-corrected chi connectivity index (χ0v) is 13.8. The molecule has 0 atom stereocenters. The van der Waals surface area contributed by atoms with E-state index in [2.05, 4.69) is 5.10 Å². The fourth-order valence-electron chi connectivity index (χ4n) is 2.76. The van der Waals surface area contributed by atoms with E-state index in [1.165, 1.54) is 0 Å². The van der Waals surface area contributed by atoms with Crippen molar-refractivity contribution in [3.63, 3.8) is 0 Å². The third kappa shape index (κ3) is 3.06. The molecule has 0 unspecified atom stereocenters. The predicted molar refractivity (Wildman–Crippen MR) is 91.9 cm³/mol. The molecule has 0 spiro atoms. The molecule has 0 bridgehead atoms. The van der Waals surface area contributed by atoms with Crippen LogP contribution in [0.5, 0.6) is 11.5 Å². The van der Waals surface area contributed by atoms with Gasteiger partial charge < -0.3 is 14.4 Å². The number of carbonyl (C=O) groups is 1. The molecule has 1 amide bonds. The Balaban J connectivity index is 1.47. The van der Waals surface area contributed by atoms with Gasteiger partial charge in [-0.15, -0.1) is 0 Å². The summed E-state index contributed by atoms with van der Waals surface area (Å²) >= 11 is 0. The Kier molecular flexibility index (Phi) is 3.85. The van der Waals surface area contributed by atoms with Crippen LogP contribution in [-0.4, -0.2) is 34.4 Å². The highest BCUT2D eigenvalue weighted by Gasteiger charge is 2.18. The maximum absolute atomic E-state index is 12.6. The van der Waals surface area contributed by atoms with Crippen LogP contribution in [0.2, 0.25) is 0 Å². The van der Waals surface area contributed by atoms with Crippen molar-refractivity contribution >= 4 is 5.91 Å². The van der Waals surface area contributed by atoms with Crippen LogP contribution in [0, 0.1) is 0 Å². The van der Waals surface area contributed by atoms with Crippen molar-refractivity contribution in [1.29, 1.82) is 0 Å². The van der Waals surface area contributed by atoms with E-state index >= 15 is 0 Å². The minimum atomic E-state index is -0.0780. The number of nitrogens with zero attached hydrogens (tertiary/aromatic N) is 3. The van der Waals surface area contributed by atoms with Gasteiger partial charge in [-0.1, -0.05) is 18.2 Å². The Hall–Kier alpha value is -3.28. The molecular formula is C19H17N3O3. The van der Waals surface area contributed by atoms with Crippen molar-refractivity contribution in [2.45, 2.75) is 6.54 Å². The molecule has 0 fully saturated rings. The maximum atomic E-state index is 12.6. The van der Waals surface area contributed by atoms with Crippen LogP contribution in [0.25, 0.3) is 5.69 Å². The number of ether oxygens (including phenoxy) is 2. The molecule has 0 saturated heterocycles. The van der Waals surface area contributed by atoms with Gasteiger partial charge in [0, 0.05) is 30.9 Å². The van der Waals surface area contributed by atoms with Crippen LogP contribution in [0.1, 0.15) is 15.9 Å². The van der Waals surface area contributed by atoms with Crippen molar-refractivity contribution in [3.05, 3.63) is 72.1 Å². The first-order chi connectivity index (χ1) is 12.2. The number of rotatable bonds is 4. The van der Waals surface area contributed by atoms with Gasteiger partial charge in [0.05, 0.1) is 11.9 Å². The van der Waals surface area contributed by atoms with Gasteiger partial charge >= 0.3 is 0 Å². The van der Waals surface area contributed by atoms with Gasteiger partial charge in [-0.2, -0.15) is 5.10 Å². The van der Waals surface area contributed by atoms with Gasteiger partial charge in [0.1, 0.15) is 0 Å². The summed E-state index contributed by atoms with van der Waals surface area (Å²) in [5.41, 5.74) is 2.51. The van der Waals surface area contributed by atoms with Crippen molar-refractivity contribution in [3.8, 4) is 17.2 Å². The molecule has 2 heterocycles. The molecule has 6 heteroatoms. The van der Waals surface area contributed by atoms with Gasteiger partial charge in [-0.05, 0) is 30.3 Å². The SMILES string of the molecule is CN(Cc1cnn(-c2ccccc2)c1)C(=O)c1ccc2c(c1)OCO2. The first-order valence-electron chi connectivity index (χ1n) is 7.95. The van der Waals surface area contributed by atoms with E-state index in [-0.39, 0.29) is 12.7 Å². The van der Waals surface area contributed by atoms with E-state index in [1.54, 1.807) is 41.0 Å². The first kappa shape index (κ1) is 15.3. The molecule has 0 radical (unpaired) electrons. The highest BCUT2D eigenvalue weighted by Crippen LogP contribution is 2.32. The lowest BCUT2D eigenvalue weighted by Gasteiger charge is -2.16. The molecule has 0 saturated carbocycles. The molecule has 3 aromatic rings. The molecule has 1 aliphatic heterocycles. The topological polar surface area (TPSA) is 56.6 Å². The van der Waals surface area contributed by atoms with Crippen LogP contribution < -0.4 is 9.47 Å². The molecule has 2 aromatic carbocycles. The normalized spacial score (nSPS) is 12.2. The summed E-state index contributed by atoms with van der Waals surface area (Å²) in [5, 5.41) is 4.36. The molecule has 1 aromatic heterocycles. The standard InChI is InChI=1S/C19H17N3O3/c1-21(19(23)15-7-8-17-18(9-15)25-13-24-17)11-14-10-20-22(12-14)16-5-3-2-4-6-16/h2-10,12H,11,13H2,1H3. The number of hydrogen-bond acceptors (Lipinski definition) is 4. The third-order valence-corrected chi connectivity index (χ3v) is 4.04. The van der Waals surface area contributed by atoms with Gasteiger partial charge in [-0.3, -0.25) is 4.79 Å². The van der Waals surface area contributed by atoms with Gasteiger partial charge in [0.2, 0.25) is 6.79 Å². The Labute approximate surface area is 145 Å². The summed E-state index contributed by atoms with van der Waals surface area (Å²) in [5.74, 6) is 1.20. The number of aromatic nitrogens is 2. The first-order valence-corrected chi connectivity index (χ1v) is 7.95. The molecule has 25 heavy (non-hydrogen) atoms. The monoisotopic (exact) mass is 335 g/mol. The highest BCUT2D eigenvalue weighted by molar-refractivity contribution is 5.94. The second-order valence-electron chi connectivity index (χ2n) is 5.86. The van der Waals surface area contributed by atoms with E-state index < -0.39 is 0 Å². The summed E-state index contributed by atoms with van der Waals surface area (Å²) in [7, 11) is 1.77.